The van der Waals surface area contributed by atoms with Gasteiger partial charge >= 0.3 is 0 Å². The molecule has 0 spiro atoms. The molecule has 1 aromatic rings. The fourth-order valence-electron chi connectivity index (χ4n) is 2.18. The molecule has 1 nitrogen and oxygen atoms in total. The molecule has 1 heteroatoms. The molecular weight excluding hydrogens is 206 g/mol. The van der Waals surface area contributed by atoms with Crippen molar-refractivity contribution >= 4 is 0 Å². The molecule has 0 saturated heterocycles. The summed E-state index contributed by atoms with van der Waals surface area (Å²) in [4.78, 5) is 2.35. The number of benzene rings is 1. The van der Waals surface area contributed by atoms with Crippen LogP contribution in [0.15, 0.2) is 30.3 Å². The lowest BCUT2D eigenvalue weighted by molar-refractivity contribution is 0.248. The lowest BCUT2D eigenvalue weighted by atomic mass is 10.0. The van der Waals surface area contributed by atoms with Gasteiger partial charge in [-0.3, -0.25) is 4.90 Å². The van der Waals surface area contributed by atoms with Gasteiger partial charge in [0.1, 0.15) is 0 Å². The summed E-state index contributed by atoms with van der Waals surface area (Å²) in [6, 6.07) is 10.9. The van der Waals surface area contributed by atoms with Crippen molar-refractivity contribution in [1.29, 1.82) is 0 Å². The first kappa shape index (κ1) is 13.8. The van der Waals surface area contributed by atoms with E-state index < -0.39 is 0 Å². The molecule has 0 aliphatic rings. The van der Waals surface area contributed by atoms with Crippen molar-refractivity contribution in [2.75, 3.05) is 13.1 Å². The summed E-state index contributed by atoms with van der Waals surface area (Å²) in [5, 5.41) is 0. The van der Waals surface area contributed by atoms with Gasteiger partial charge in [-0.1, -0.05) is 50.1 Å². The molecule has 0 aliphatic heterocycles. The Labute approximate surface area is 106 Å². The van der Waals surface area contributed by atoms with Crippen molar-refractivity contribution in [3.63, 3.8) is 0 Å². The Bertz CT molecular complexity index is 332. The van der Waals surface area contributed by atoms with Gasteiger partial charge < -0.3 is 0 Å². The van der Waals surface area contributed by atoms with Crippen molar-refractivity contribution in [2.45, 2.75) is 39.2 Å². The van der Waals surface area contributed by atoms with Crippen LogP contribution in [0.1, 0.15) is 32.3 Å². The van der Waals surface area contributed by atoms with E-state index in [0.717, 1.165) is 32.4 Å². The SMILES string of the molecule is C#CC(CCCc1ccccc1)N(CC)CC. The smallest absolute Gasteiger partial charge is 0.0711 e. The molecule has 0 saturated carbocycles. The lowest BCUT2D eigenvalue weighted by Gasteiger charge is -2.25. The summed E-state index contributed by atoms with van der Waals surface area (Å²) in [6.07, 6.45) is 8.99. The molecule has 0 heterocycles. The topological polar surface area (TPSA) is 3.24 Å². The van der Waals surface area contributed by atoms with E-state index in [1.807, 2.05) is 0 Å². The van der Waals surface area contributed by atoms with Crippen LogP contribution < -0.4 is 0 Å². The molecule has 92 valence electrons. The van der Waals surface area contributed by atoms with Gasteiger partial charge in [0, 0.05) is 0 Å². The number of terminal acetylenes is 1. The quantitative estimate of drug-likeness (QED) is 0.648. The van der Waals surface area contributed by atoms with E-state index in [9.17, 15) is 0 Å². The maximum atomic E-state index is 5.61. The summed E-state index contributed by atoms with van der Waals surface area (Å²) in [6.45, 7) is 6.42. The molecule has 1 unspecified atom stereocenters. The zero-order valence-electron chi connectivity index (χ0n) is 11.0. The fraction of sp³-hybridized carbons (Fsp3) is 0.500. The Hall–Kier alpha value is -1.26. The van der Waals surface area contributed by atoms with Gasteiger partial charge in [-0.05, 0) is 37.9 Å². The highest BCUT2D eigenvalue weighted by Gasteiger charge is 2.11. The van der Waals surface area contributed by atoms with Crippen LogP contribution in [-0.4, -0.2) is 24.0 Å². The van der Waals surface area contributed by atoms with E-state index in [-0.39, 0.29) is 0 Å². The van der Waals surface area contributed by atoms with E-state index in [2.05, 4.69) is 55.0 Å². The number of aryl methyl sites for hydroxylation is 1. The highest BCUT2D eigenvalue weighted by Crippen LogP contribution is 2.10. The van der Waals surface area contributed by atoms with E-state index in [1.165, 1.54) is 5.56 Å². The number of hydrogen-bond donors (Lipinski definition) is 0. The standard InChI is InChI=1S/C16H23N/c1-4-16(17(5-2)6-3)14-10-13-15-11-8-7-9-12-15/h1,7-9,11-12,16H,5-6,10,13-14H2,2-3H3. The average molecular weight is 229 g/mol. The number of rotatable bonds is 7. The highest BCUT2D eigenvalue weighted by molar-refractivity contribution is 5.14. The second-order valence-corrected chi connectivity index (χ2v) is 4.28. The fourth-order valence-corrected chi connectivity index (χ4v) is 2.18. The van der Waals surface area contributed by atoms with Gasteiger partial charge in [0.05, 0.1) is 6.04 Å². The van der Waals surface area contributed by atoms with Gasteiger partial charge in [0.2, 0.25) is 0 Å². The summed E-state index contributed by atoms with van der Waals surface area (Å²) in [5.41, 5.74) is 1.41. The zero-order valence-corrected chi connectivity index (χ0v) is 11.0. The Balaban J connectivity index is 2.36. The molecular formula is C16H23N. The minimum Gasteiger partial charge on any atom is -0.290 e. The van der Waals surface area contributed by atoms with Gasteiger partial charge in [0.25, 0.3) is 0 Å². The minimum absolute atomic E-state index is 0.300. The van der Waals surface area contributed by atoms with E-state index >= 15 is 0 Å². The Morgan fingerprint density at radius 3 is 2.35 bits per heavy atom. The second-order valence-electron chi connectivity index (χ2n) is 4.28. The largest absolute Gasteiger partial charge is 0.290 e. The van der Waals surface area contributed by atoms with Gasteiger partial charge in [-0.2, -0.15) is 0 Å². The van der Waals surface area contributed by atoms with Gasteiger partial charge in [0.15, 0.2) is 0 Å². The van der Waals surface area contributed by atoms with Crippen LogP contribution in [0.4, 0.5) is 0 Å². The maximum Gasteiger partial charge on any atom is 0.0711 e. The zero-order chi connectivity index (χ0) is 12.5. The second kappa shape index (κ2) is 7.92. The first-order chi connectivity index (χ1) is 8.31. The molecule has 0 N–H and O–H groups in total. The third-order valence-corrected chi connectivity index (χ3v) is 3.23. The predicted molar refractivity (Wildman–Crippen MR) is 74.9 cm³/mol. The van der Waals surface area contributed by atoms with E-state index in [4.69, 9.17) is 6.42 Å². The molecule has 0 radical (unpaired) electrons. The third kappa shape index (κ3) is 4.63. The van der Waals surface area contributed by atoms with Crippen molar-refractivity contribution < 1.29 is 0 Å². The van der Waals surface area contributed by atoms with Crippen molar-refractivity contribution in [3.05, 3.63) is 35.9 Å². The number of nitrogens with zero attached hydrogens (tertiary/aromatic N) is 1. The summed E-state index contributed by atoms with van der Waals surface area (Å²) in [5.74, 6) is 2.92. The first-order valence-electron chi connectivity index (χ1n) is 6.55. The third-order valence-electron chi connectivity index (χ3n) is 3.23. The van der Waals surface area contributed by atoms with E-state index in [0.29, 0.717) is 6.04 Å². The molecule has 1 rings (SSSR count). The van der Waals surface area contributed by atoms with Crippen LogP contribution in [0.3, 0.4) is 0 Å². The summed E-state index contributed by atoms with van der Waals surface area (Å²) in [7, 11) is 0. The van der Waals surface area contributed by atoms with Crippen LogP contribution in [0.5, 0.6) is 0 Å². The van der Waals surface area contributed by atoms with Crippen LogP contribution in [-0.2, 0) is 6.42 Å². The molecule has 0 amide bonds. The minimum atomic E-state index is 0.300. The van der Waals surface area contributed by atoms with Crippen LogP contribution in [0.2, 0.25) is 0 Å². The first-order valence-corrected chi connectivity index (χ1v) is 6.55. The molecule has 0 fully saturated rings. The average Bonchev–Trinajstić information content (AvgIpc) is 2.39. The molecule has 0 aliphatic carbocycles. The monoisotopic (exact) mass is 229 g/mol. The Morgan fingerprint density at radius 1 is 1.18 bits per heavy atom. The van der Waals surface area contributed by atoms with E-state index in [1.54, 1.807) is 0 Å². The van der Waals surface area contributed by atoms with Crippen molar-refractivity contribution in [3.8, 4) is 12.3 Å². The molecule has 0 bridgehead atoms. The van der Waals surface area contributed by atoms with Crippen molar-refractivity contribution in [2.24, 2.45) is 0 Å². The van der Waals surface area contributed by atoms with Crippen LogP contribution >= 0.6 is 0 Å². The lowest BCUT2D eigenvalue weighted by Crippen LogP contribution is -2.33. The maximum absolute atomic E-state index is 5.61. The Kier molecular flexibility index (Phi) is 6.43. The molecule has 17 heavy (non-hydrogen) atoms. The highest BCUT2D eigenvalue weighted by atomic mass is 15.1. The molecule has 1 aromatic carbocycles. The molecule has 0 aromatic heterocycles. The van der Waals surface area contributed by atoms with Crippen LogP contribution in [0.25, 0.3) is 0 Å². The summed E-state index contributed by atoms with van der Waals surface area (Å²) >= 11 is 0. The van der Waals surface area contributed by atoms with Gasteiger partial charge in [-0.15, -0.1) is 6.42 Å². The Morgan fingerprint density at radius 2 is 1.82 bits per heavy atom. The van der Waals surface area contributed by atoms with Crippen molar-refractivity contribution in [1.82, 2.24) is 4.90 Å². The summed E-state index contributed by atoms with van der Waals surface area (Å²) < 4.78 is 0. The van der Waals surface area contributed by atoms with Crippen LogP contribution in [0, 0.1) is 12.3 Å². The van der Waals surface area contributed by atoms with Gasteiger partial charge in [-0.25, -0.2) is 0 Å². The number of hydrogen-bond acceptors (Lipinski definition) is 1. The predicted octanol–water partition coefficient (Wildman–Crippen LogP) is 3.35. The normalized spacial score (nSPS) is 12.4. The molecule has 1 atom stereocenters.